The molecule has 0 aromatic heterocycles. The lowest BCUT2D eigenvalue weighted by Gasteiger charge is -2.09. The Morgan fingerprint density at radius 2 is 2.13 bits per heavy atom. The quantitative estimate of drug-likeness (QED) is 0.417. The van der Waals surface area contributed by atoms with Crippen molar-refractivity contribution in [2.24, 2.45) is 10.7 Å². The van der Waals surface area contributed by atoms with Crippen LogP contribution in [0.4, 0.5) is 13.2 Å². The highest BCUT2D eigenvalue weighted by molar-refractivity contribution is 6.20. The van der Waals surface area contributed by atoms with Gasteiger partial charge in [0.25, 0.3) is 0 Å². The van der Waals surface area contributed by atoms with E-state index in [1.54, 1.807) is 0 Å². The van der Waals surface area contributed by atoms with Gasteiger partial charge >= 0.3 is 23.8 Å². The van der Waals surface area contributed by atoms with E-state index in [4.69, 9.17) is 10.8 Å². The summed E-state index contributed by atoms with van der Waals surface area (Å²) in [5.74, 6) is -0.423. The monoisotopic (exact) mass is 325 g/mol. The molecule has 0 radical (unpaired) electrons. The van der Waals surface area contributed by atoms with Crippen molar-refractivity contribution in [3.05, 3.63) is 47.5 Å². The zero-order valence-electron chi connectivity index (χ0n) is 11.6. The first-order chi connectivity index (χ1) is 10.8. The Hall–Kier alpha value is -3.06. The second kappa shape index (κ2) is 6.37. The van der Waals surface area contributed by atoms with Crippen LogP contribution in [0.2, 0.25) is 0 Å². The maximum absolute atomic E-state index is 12.6. The van der Waals surface area contributed by atoms with Gasteiger partial charge in [-0.2, -0.15) is 13.2 Å². The van der Waals surface area contributed by atoms with Gasteiger partial charge < -0.3 is 10.8 Å². The highest BCUT2D eigenvalue weighted by Crippen LogP contribution is 2.29. The number of hydrogen-bond donors (Lipinski definition) is 3. The van der Waals surface area contributed by atoms with Crippen LogP contribution in [0.15, 0.2) is 41.4 Å². The molecule has 2 rings (SSSR count). The molecular formula is C14H12F3N4O2+. The number of halogens is 3. The summed E-state index contributed by atoms with van der Waals surface area (Å²) < 4.78 is 41.9. The van der Waals surface area contributed by atoms with Gasteiger partial charge in [-0.05, 0) is 24.3 Å². The van der Waals surface area contributed by atoms with Gasteiger partial charge in [0.15, 0.2) is 0 Å². The average molecular weight is 325 g/mol. The Morgan fingerprint density at radius 3 is 2.74 bits per heavy atom. The van der Waals surface area contributed by atoms with Crippen LogP contribution < -0.4 is 15.7 Å². The van der Waals surface area contributed by atoms with Crippen molar-refractivity contribution in [2.45, 2.75) is 6.18 Å². The number of carbonyl (C=O) groups is 1. The maximum atomic E-state index is 12.6. The number of nitrogens with one attached hydrogen (secondary N) is 1. The average Bonchev–Trinajstić information content (AvgIpc) is 2.43. The van der Waals surface area contributed by atoms with Gasteiger partial charge in [-0.1, -0.05) is 6.07 Å². The van der Waals surface area contributed by atoms with Crippen LogP contribution in [-0.4, -0.2) is 35.1 Å². The zero-order valence-corrected chi connectivity index (χ0v) is 11.6. The van der Waals surface area contributed by atoms with Crippen LogP contribution in [0, 0.1) is 0 Å². The number of rotatable bonds is 5. The lowest BCUT2D eigenvalue weighted by molar-refractivity contribution is -0.137. The minimum absolute atomic E-state index is 0.00409. The number of nitrogens with two attached hydrogens (primary N) is 1. The van der Waals surface area contributed by atoms with Crippen molar-refractivity contribution in [2.75, 3.05) is 6.54 Å². The van der Waals surface area contributed by atoms with Gasteiger partial charge in [0.2, 0.25) is 0 Å². The lowest BCUT2D eigenvalue weighted by Crippen LogP contribution is -2.43. The molecule has 0 bridgehead atoms. The molecule has 0 amide bonds. The minimum atomic E-state index is -4.41. The first-order valence-electron chi connectivity index (χ1n) is 6.36. The molecule has 120 valence electrons. The molecule has 0 atom stereocenters. The Kier molecular flexibility index (Phi) is 4.52. The summed E-state index contributed by atoms with van der Waals surface area (Å²) in [4.78, 5) is 13.9. The van der Waals surface area contributed by atoms with Gasteiger partial charge in [-0.15, -0.1) is 0 Å². The molecule has 0 spiro atoms. The number of nitrogens with zero attached hydrogens (tertiary/aromatic N) is 2. The fraction of sp³-hybridized carbons (Fsp3) is 0.143. The first-order valence-corrected chi connectivity index (χ1v) is 6.36. The summed E-state index contributed by atoms with van der Waals surface area (Å²) in [6.45, 7) is -0.447. The molecule has 1 aromatic rings. The first kappa shape index (κ1) is 16.3. The lowest BCUT2D eigenvalue weighted by atomic mass is 10.1. The molecule has 23 heavy (non-hydrogen) atoms. The SMILES string of the molecule is NC(/C=C\C1=[N+]=C(c2cccc(C(F)(F)F)c2)N1)=NCC(=O)O. The number of hydrogen-bond acceptors (Lipinski definition) is 3. The highest BCUT2D eigenvalue weighted by atomic mass is 19.4. The van der Waals surface area contributed by atoms with E-state index in [0.29, 0.717) is 17.2 Å². The molecule has 1 heterocycles. The van der Waals surface area contributed by atoms with Crippen LogP contribution in [0.25, 0.3) is 0 Å². The smallest absolute Gasteiger partial charge is 0.416 e. The molecule has 0 saturated heterocycles. The minimum Gasteiger partial charge on any atom is -0.480 e. The molecule has 1 aromatic carbocycles. The number of aliphatic imine (C=N–C) groups is 1. The zero-order chi connectivity index (χ0) is 17.0. The van der Waals surface area contributed by atoms with Crippen LogP contribution >= 0.6 is 0 Å². The number of alkyl halides is 3. The van der Waals surface area contributed by atoms with Gasteiger partial charge in [-0.25, -0.2) is 9.98 Å². The number of aliphatic carboxylic acids is 1. The summed E-state index contributed by atoms with van der Waals surface area (Å²) in [7, 11) is 0. The largest absolute Gasteiger partial charge is 0.480 e. The summed E-state index contributed by atoms with van der Waals surface area (Å²) in [5.41, 5.74) is 5.00. The van der Waals surface area contributed by atoms with E-state index >= 15 is 0 Å². The van der Waals surface area contributed by atoms with Crippen molar-refractivity contribution >= 4 is 23.5 Å². The molecule has 0 saturated carbocycles. The summed E-state index contributed by atoms with van der Waals surface area (Å²) in [6.07, 6.45) is -1.63. The van der Waals surface area contributed by atoms with E-state index in [-0.39, 0.29) is 5.84 Å². The van der Waals surface area contributed by atoms with E-state index < -0.39 is 24.3 Å². The second-order valence-corrected chi connectivity index (χ2v) is 4.52. The summed E-state index contributed by atoms with van der Waals surface area (Å²) >= 11 is 0. The van der Waals surface area contributed by atoms with Crippen LogP contribution in [0.5, 0.6) is 0 Å². The Bertz CT molecular complexity index is 760. The number of carboxylic acid groups (broad SMARTS) is 1. The Morgan fingerprint density at radius 1 is 1.43 bits per heavy atom. The van der Waals surface area contributed by atoms with E-state index in [0.717, 1.165) is 12.1 Å². The van der Waals surface area contributed by atoms with Gasteiger partial charge in [0.1, 0.15) is 12.4 Å². The third-order valence-electron chi connectivity index (χ3n) is 2.75. The van der Waals surface area contributed by atoms with E-state index in [2.05, 4.69) is 15.0 Å². The molecular weight excluding hydrogens is 313 g/mol. The molecule has 0 aliphatic carbocycles. The molecule has 9 heteroatoms. The molecule has 0 fully saturated rings. The highest BCUT2D eigenvalue weighted by Gasteiger charge is 2.32. The third-order valence-corrected chi connectivity index (χ3v) is 2.75. The van der Waals surface area contributed by atoms with Gasteiger partial charge in [0, 0.05) is 6.08 Å². The van der Waals surface area contributed by atoms with Crippen LogP contribution in [0.3, 0.4) is 0 Å². The fourth-order valence-electron chi connectivity index (χ4n) is 1.68. The number of carboxylic acids is 1. The van der Waals surface area contributed by atoms with Crippen LogP contribution in [-0.2, 0) is 11.0 Å². The topological polar surface area (TPSA) is 102 Å². The molecule has 1 aliphatic rings. The molecule has 1 aliphatic heterocycles. The summed E-state index contributed by atoms with van der Waals surface area (Å²) in [5, 5.41) is 11.2. The van der Waals surface area contributed by atoms with Crippen molar-refractivity contribution in [3.63, 3.8) is 0 Å². The Labute approximate surface area is 128 Å². The molecule has 6 nitrogen and oxygen atoms in total. The standard InChI is InChI=1S/C14H11F3N4O2/c15-14(16,17)9-3-1-2-8(6-9)13-20-11(21-13)5-4-10(18)19-7-12(22)23/h1-6H,7H2,(H3,18,19,22,23)/p+1/b5-4-. The second-order valence-electron chi connectivity index (χ2n) is 4.52. The van der Waals surface area contributed by atoms with E-state index in [9.17, 15) is 18.0 Å². The van der Waals surface area contributed by atoms with Crippen LogP contribution in [0.1, 0.15) is 11.1 Å². The van der Waals surface area contributed by atoms with Crippen molar-refractivity contribution < 1.29 is 23.1 Å². The van der Waals surface area contributed by atoms with Gasteiger partial charge in [-0.3, -0.25) is 9.79 Å². The number of benzene rings is 1. The third kappa shape index (κ3) is 4.45. The number of amidine groups is 3. The van der Waals surface area contributed by atoms with E-state index in [1.165, 1.54) is 24.3 Å². The predicted octanol–water partition coefficient (Wildman–Crippen LogP) is 0.519. The van der Waals surface area contributed by atoms with Crippen molar-refractivity contribution in [1.29, 1.82) is 0 Å². The fourth-order valence-corrected chi connectivity index (χ4v) is 1.68. The van der Waals surface area contributed by atoms with Crippen molar-refractivity contribution in [1.82, 2.24) is 9.98 Å². The predicted molar refractivity (Wildman–Crippen MR) is 79.1 cm³/mol. The molecule has 0 unspecified atom stereocenters. The summed E-state index contributed by atoms with van der Waals surface area (Å²) in [6, 6.07) is 4.78. The molecule has 4 N–H and O–H groups in total. The maximum Gasteiger partial charge on any atom is 0.416 e. The van der Waals surface area contributed by atoms with E-state index in [1.807, 2.05) is 0 Å². The normalized spacial score (nSPS) is 14.8. The van der Waals surface area contributed by atoms with Gasteiger partial charge in [0.05, 0.1) is 11.1 Å². The van der Waals surface area contributed by atoms with Crippen molar-refractivity contribution in [3.8, 4) is 0 Å². The Balaban J connectivity index is 2.12.